The smallest absolute Gasteiger partial charge is 0.177 e. The van der Waals surface area contributed by atoms with Gasteiger partial charge in [0.05, 0.1) is 6.33 Å². The summed E-state index contributed by atoms with van der Waals surface area (Å²) in [4.78, 5) is 13.1. The maximum Gasteiger partial charge on any atom is 0.177 e. The molecular weight excluding hydrogens is 182 g/mol. The van der Waals surface area contributed by atoms with E-state index in [1.807, 2.05) is 11.5 Å². The molecular formula is C8H11N5O. The summed E-state index contributed by atoms with van der Waals surface area (Å²) in [5.74, 6) is 0. The molecule has 0 amide bonds. The summed E-state index contributed by atoms with van der Waals surface area (Å²) in [6.45, 7) is 2.76. The topological polar surface area (TPSA) is 68.7 Å². The van der Waals surface area contributed by atoms with Crippen molar-refractivity contribution >= 4 is 11.2 Å². The highest BCUT2D eigenvalue weighted by Gasteiger charge is 2.07. The van der Waals surface area contributed by atoms with E-state index < -0.39 is 0 Å². The lowest BCUT2D eigenvalue weighted by molar-refractivity contribution is 0.176. The molecule has 0 aliphatic heterocycles. The molecule has 74 valence electrons. The van der Waals surface area contributed by atoms with Crippen LogP contribution in [-0.4, -0.2) is 26.4 Å². The minimum atomic E-state index is 0.170. The van der Waals surface area contributed by atoms with E-state index in [0.717, 1.165) is 6.54 Å². The van der Waals surface area contributed by atoms with Crippen molar-refractivity contribution in [2.45, 2.75) is 13.5 Å². The van der Waals surface area contributed by atoms with E-state index in [1.54, 1.807) is 6.33 Å². The first-order chi connectivity index (χ1) is 6.77. The second-order valence-corrected chi connectivity index (χ2v) is 2.80. The Morgan fingerprint density at radius 1 is 1.43 bits per heavy atom. The molecule has 0 unspecified atom stereocenters. The molecule has 2 aromatic heterocycles. The van der Waals surface area contributed by atoms with Crippen LogP contribution in [0.25, 0.3) is 11.2 Å². The van der Waals surface area contributed by atoms with Gasteiger partial charge in [-0.3, -0.25) is 5.41 Å². The summed E-state index contributed by atoms with van der Waals surface area (Å²) in [7, 11) is 1.53. The molecule has 0 aliphatic carbocycles. The molecule has 0 aliphatic rings. The van der Waals surface area contributed by atoms with Gasteiger partial charge in [0.1, 0.15) is 13.4 Å². The van der Waals surface area contributed by atoms with Crippen LogP contribution in [0.1, 0.15) is 6.92 Å². The van der Waals surface area contributed by atoms with Crippen LogP contribution >= 0.6 is 0 Å². The van der Waals surface area contributed by atoms with E-state index in [2.05, 4.69) is 9.97 Å². The van der Waals surface area contributed by atoms with Crippen LogP contribution in [0.2, 0.25) is 0 Å². The van der Waals surface area contributed by atoms with Crippen molar-refractivity contribution < 1.29 is 4.84 Å². The SMILES string of the molecule is CCn1cnc(=N)c2c1ncn2OC. The number of hydrogen-bond acceptors (Lipinski definition) is 4. The third-order valence-corrected chi connectivity index (χ3v) is 2.08. The number of aryl methyl sites for hydroxylation is 1. The molecule has 6 nitrogen and oxygen atoms in total. The van der Waals surface area contributed by atoms with E-state index >= 15 is 0 Å². The second kappa shape index (κ2) is 3.13. The lowest BCUT2D eigenvalue weighted by Crippen LogP contribution is -2.17. The summed E-state index contributed by atoms with van der Waals surface area (Å²) >= 11 is 0. The van der Waals surface area contributed by atoms with Crippen molar-refractivity contribution in [1.29, 1.82) is 5.41 Å². The van der Waals surface area contributed by atoms with Gasteiger partial charge in [0.25, 0.3) is 0 Å². The zero-order valence-electron chi connectivity index (χ0n) is 8.06. The molecule has 0 spiro atoms. The van der Waals surface area contributed by atoms with E-state index in [1.165, 1.54) is 18.2 Å². The van der Waals surface area contributed by atoms with Crippen molar-refractivity contribution in [2.75, 3.05) is 7.11 Å². The average Bonchev–Trinajstić information content (AvgIpc) is 2.63. The zero-order valence-corrected chi connectivity index (χ0v) is 8.06. The summed E-state index contributed by atoms with van der Waals surface area (Å²) in [6.07, 6.45) is 3.15. The molecule has 0 saturated heterocycles. The van der Waals surface area contributed by atoms with Crippen molar-refractivity contribution in [1.82, 2.24) is 19.3 Å². The largest absolute Gasteiger partial charge is 0.415 e. The quantitative estimate of drug-likeness (QED) is 0.717. The highest BCUT2D eigenvalue weighted by atomic mass is 16.6. The van der Waals surface area contributed by atoms with Crippen LogP contribution in [0.4, 0.5) is 0 Å². The second-order valence-electron chi connectivity index (χ2n) is 2.80. The predicted octanol–water partition coefficient (Wildman–Crippen LogP) is -0.209. The van der Waals surface area contributed by atoms with Gasteiger partial charge in [0.2, 0.25) is 0 Å². The third kappa shape index (κ3) is 1.07. The number of nitrogens with zero attached hydrogens (tertiary/aromatic N) is 4. The van der Waals surface area contributed by atoms with Gasteiger partial charge in [0, 0.05) is 6.54 Å². The van der Waals surface area contributed by atoms with Crippen LogP contribution < -0.4 is 10.3 Å². The minimum Gasteiger partial charge on any atom is -0.415 e. The van der Waals surface area contributed by atoms with Crippen molar-refractivity contribution in [3.05, 3.63) is 18.1 Å². The Balaban J connectivity index is 2.87. The molecule has 2 aromatic rings. The molecule has 6 heteroatoms. The predicted molar refractivity (Wildman–Crippen MR) is 49.6 cm³/mol. The Bertz CT molecular complexity index is 512. The van der Waals surface area contributed by atoms with Gasteiger partial charge < -0.3 is 9.40 Å². The fourth-order valence-electron chi connectivity index (χ4n) is 1.36. The fraction of sp³-hybridized carbons (Fsp3) is 0.375. The molecule has 0 fully saturated rings. The lowest BCUT2D eigenvalue weighted by atomic mass is 10.5. The molecule has 0 radical (unpaired) electrons. The molecule has 1 N–H and O–H groups in total. The van der Waals surface area contributed by atoms with Gasteiger partial charge in [0.15, 0.2) is 16.7 Å². The highest BCUT2D eigenvalue weighted by molar-refractivity contribution is 5.68. The number of nitrogens with one attached hydrogen (secondary N) is 1. The summed E-state index contributed by atoms with van der Waals surface area (Å²) in [5, 5.41) is 7.63. The highest BCUT2D eigenvalue weighted by Crippen LogP contribution is 2.04. The van der Waals surface area contributed by atoms with Crippen LogP contribution in [0.5, 0.6) is 0 Å². The maximum atomic E-state index is 7.63. The first kappa shape index (κ1) is 8.74. The van der Waals surface area contributed by atoms with E-state index in [4.69, 9.17) is 10.2 Å². The standard InChI is InChI=1S/C8H11N5O/c1-3-12-4-10-7(9)6-8(12)11-5-13(6)14-2/h4-5,9H,3H2,1-2H3. The lowest BCUT2D eigenvalue weighted by Gasteiger charge is -2.03. The summed E-state index contributed by atoms with van der Waals surface area (Å²) in [6, 6.07) is 0. The Hall–Kier alpha value is -1.85. The average molecular weight is 193 g/mol. The first-order valence-electron chi connectivity index (χ1n) is 4.29. The Labute approximate surface area is 80.2 Å². The van der Waals surface area contributed by atoms with E-state index in [9.17, 15) is 0 Å². The fourth-order valence-corrected chi connectivity index (χ4v) is 1.36. The molecule has 0 aromatic carbocycles. The number of rotatable bonds is 2. The van der Waals surface area contributed by atoms with Crippen LogP contribution in [-0.2, 0) is 6.54 Å². The van der Waals surface area contributed by atoms with Gasteiger partial charge in [-0.2, -0.15) is 4.73 Å². The molecule has 2 heterocycles. The van der Waals surface area contributed by atoms with Gasteiger partial charge in [-0.05, 0) is 6.92 Å². The molecule has 14 heavy (non-hydrogen) atoms. The molecule has 0 saturated carbocycles. The molecule has 2 rings (SSSR count). The summed E-state index contributed by atoms with van der Waals surface area (Å²) in [5.41, 5.74) is 1.48. The molecule has 0 bridgehead atoms. The van der Waals surface area contributed by atoms with E-state index in [0.29, 0.717) is 11.2 Å². The Kier molecular flexibility index (Phi) is 1.95. The molecule has 0 atom stereocenters. The Morgan fingerprint density at radius 2 is 2.21 bits per heavy atom. The van der Waals surface area contributed by atoms with E-state index in [-0.39, 0.29) is 5.49 Å². The van der Waals surface area contributed by atoms with Crippen molar-refractivity contribution in [2.24, 2.45) is 0 Å². The number of imidazole rings is 1. The first-order valence-corrected chi connectivity index (χ1v) is 4.29. The monoisotopic (exact) mass is 193 g/mol. The van der Waals surface area contributed by atoms with Gasteiger partial charge in [-0.25, -0.2) is 9.97 Å². The third-order valence-electron chi connectivity index (χ3n) is 2.08. The van der Waals surface area contributed by atoms with Crippen LogP contribution in [0, 0.1) is 5.41 Å². The number of aromatic nitrogens is 4. The normalized spacial score (nSPS) is 10.7. The van der Waals surface area contributed by atoms with Crippen LogP contribution in [0.15, 0.2) is 12.7 Å². The minimum absolute atomic E-state index is 0.170. The number of fused-ring (bicyclic) bond motifs is 1. The summed E-state index contributed by atoms with van der Waals surface area (Å²) < 4.78 is 3.31. The van der Waals surface area contributed by atoms with Crippen molar-refractivity contribution in [3.8, 4) is 0 Å². The van der Waals surface area contributed by atoms with Crippen molar-refractivity contribution in [3.63, 3.8) is 0 Å². The van der Waals surface area contributed by atoms with Crippen LogP contribution in [0.3, 0.4) is 0 Å². The van der Waals surface area contributed by atoms with Gasteiger partial charge in [-0.1, -0.05) is 0 Å². The zero-order chi connectivity index (χ0) is 10.1. The Morgan fingerprint density at radius 3 is 2.86 bits per heavy atom. The van der Waals surface area contributed by atoms with Gasteiger partial charge in [-0.15, -0.1) is 0 Å². The number of hydrogen-bond donors (Lipinski definition) is 1. The van der Waals surface area contributed by atoms with Gasteiger partial charge >= 0.3 is 0 Å². The maximum absolute atomic E-state index is 7.63.